The Labute approximate surface area is 195 Å². The van der Waals surface area contributed by atoms with E-state index >= 15 is 0 Å². The van der Waals surface area contributed by atoms with E-state index < -0.39 is 25.8 Å². The van der Waals surface area contributed by atoms with Crippen LogP contribution in [0.3, 0.4) is 0 Å². The van der Waals surface area contributed by atoms with Gasteiger partial charge in [-0.05, 0) is 59.7 Å². The van der Waals surface area contributed by atoms with Crippen LogP contribution in [0.15, 0.2) is 91.8 Å². The third kappa shape index (κ3) is 4.10. The Bertz CT molecular complexity index is 1470. The number of carbonyl (C=O) groups excluding carboxylic acids is 1. The molecule has 9 nitrogen and oxygen atoms in total. The number of benzene rings is 2. The van der Waals surface area contributed by atoms with Crippen molar-refractivity contribution in [3.63, 3.8) is 0 Å². The Kier molecular flexibility index (Phi) is 5.48. The Hall–Kier alpha value is -3.51. The number of nitrogens with one attached hydrogen (secondary N) is 2. The quantitative estimate of drug-likeness (QED) is 0.336. The van der Waals surface area contributed by atoms with Gasteiger partial charge in [0.2, 0.25) is 20.0 Å². The molecule has 174 valence electrons. The molecule has 5 rings (SSSR count). The lowest BCUT2D eigenvalue weighted by Gasteiger charge is -2.08. The minimum absolute atomic E-state index is 0.0349. The Morgan fingerprint density at radius 1 is 0.618 bits per heavy atom. The van der Waals surface area contributed by atoms with Crippen LogP contribution in [0.1, 0.15) is 27.4 Å². The van der Waals surface area contributed by atoms with Gasteiger partial charge in [-0.25, -0.2) is 26.3 Å². The van der Waals surface area contributed by atoms with Crippen LogP contribution < -0.4 is 9.44 Å². The molecule has 1 aliphatic rings. The van der Waals surface area contributed by atoms with Gasteiger partial charge in [0.15, 0.2) is 5.78 Å². The van der Waals surface area contributed by atoms with Crippen LogP contribution in [-0.2, 0) is 33.1 Å². The Morgan fingerprint density at radius 3 is 1.44 bits per heavy atom. The maximum absolute atomic E-state index is 13.1. The zero-order valence-corrected chi connectivity index (χ0v) is 19.1. The van der Waals surface area contributed by atoms with Crippen molar-refractivity contribution in [2.45, 2.75) is 22.9 Å². The summed E-state index contributed by atoms with van der Waals surface area (Å²) in [5, 5.41) is 0. The maximum atomic E-state index is 13.1. The average molecular weight is 499 g/mol. The number of fused-ring (bicyclic) bond motifs is 3. The summed E-state index contributed by atoms with van der Waals surface area (Å²) >= 11 is 0. The number of sulfonamides is 2. The standard InChI is InChI=1S/C23H18N2O7S2/c26-23-21-11-17(33(27,28)24-13-15-3-1-9-31-15)5-7-19(21)20-8-6-18(12-22(20)23)34(29,30)25-14-16-4-2-10-32-16/h1-12,24-25H,13-14H2. The molecule has 0 atom stereocenters. The van der Waals surface area contributed by atoms with Crippen LogP contribution in [0, 0.1) is 0 Å². The van der Waals surface area contributed by atoms with E-state index in [9.17, 15) is 21.6 Å². The van der Waals surface area contributed by atoms with Gasteiger partial charge in [0.1, 0.15) is 11.5 Å². The lowest BCUT2D eigenvalue weighted by atomic mass is 10.1. The molecule has 0 unspecified atom stereocenters. The molecule has 1 aliphatic carbocycles. The van der Waals surface area contributed by atoms with E-state index in [1.165, 1.54) is 36.8 Å². The van der Waals surface area contributed by atoms with E-state index in [1.54, 1.807) is 36.4 Å². The van der Waals surface area contributed by atoms with Crippen molar-refractivity contribution in [2.24, 2.45) is 0 Å². The number of ketones is 1. The Morgan fingerprint density at radius 2 is 1.06 bits per heavy atom. The summed E-state index contributed by atoms with van der Waals surface area (Å²) < 4.78 is 65.9. The summed E-state index contributed by atoms with van der Waals surface area (Å²) in [6, 6.07) is 15.1. The van der Waals surface area contributed by atoms with Crippen molar-refractivity contribution in [3.05, 3.63) is 95.8 Å². The molecule has 2 aromatic carbocycles. The van der Waals surface area contributed by atoms with Crippen molar-refractivity contribution < 1.29 is 30.5 Å². The SMILES string of the molecule is O=C1c2cc(S(=O)(=O)NCc3ccco3)ccc2-c2ccc(S(=O)(=O)NCc3ccco3)cc21. The van der Waals surface area contributed by atoms with Gasteiger partial charge in [0.05, 0.1) is 35.4 Å². The van der Waals surface area contributed by atoms with Crippen LogP contribution in [-0.4, -0.2) is 22.6 Å². The molecule has 0 saturated heterocycles. The van der Waals surface area contributed by atoms with Crippen LogP contribution >= 0.6 is 0 Å². The highest BCUT2D eigenvalue weighted by Crippen LogP contribution is 2.38. The summed E-state index contributed by atoms with van der Waals surface area (Å²) in [6.07, 6.45) is 2.88. The molecule has 0 amide bonds. The van der Waals surface area contributed by atoms with Crippen LogP contribution in [0.2, 0.25) is 0 Å². The minimum Gasteiger partial charge on any atom is -0.468 e. The van der Waals surface area contributed by atoms with Gasteiger partial charge >= 0.3 is 0 Å². The van der Waals surface area contributed by atoms with Gasteiger partial charge in [-0.2, -0.15) is 0 Å². The second kappa shape index (κ2) is 8.37. The van der Waals surface area contributed by atoms with Crippen molar-refractivity contribution in [3.8, 4) is 11.1 Å². The first kappa shape index (κ1) is 22.3. The van der Waals surface area contributed by atoms with Crippen LogP contribution in [0.4, 0.5) is 0 Å². The molecular weight excluding hydrogens is 480 g/mol. The monoisotopic (exact) mass is 498 g/mol. The van der Waals surface area contributed by atoms with Gasteiger partial charge in [-0.15, -0.1) is 0 Å². The fourth-order valence-electron chi connectivity index (χ4n) is 3.70. The predicted molar refractivity (Wildman–Crippen MR) is 121 cm³/mol. The van der Waals surface area contributed by atoms with E-state index in [-0.39, 0.29) is 34.0 Å². The minimum atomic E-state index is -3.91. The molecule has 0 radical (unpaired) electrons. The lowest BCUT2D eigenvalue weighted by molar-refractivity contribution is 0.104. The second-order valence-corrected chi connectivity index (χ2v) is 11.1. The molecule has 2 heterocycles. The summed E-state index contributed by atoms with van der Waals surface area (Å²) in [6.45, 7) is -0.0698. The zero-order valence-electron chi connectivity index (χ0n) is 17.5. The normalized spacial score (nSPS) is 13.1. The molecule has 11 heteroatoms. The summed E-state index contributed by atoms with van der Waals surface area (Å²) in [5.41, 5.74) is 1.46. The van der Waals surface area contributed by atoms with Gasteiger partial charge in [0.25, 0.3) is 0 Å². The highest BCUT2D eigenvalue weighted by atomic mass is 32.2. The number of furan rings is 2. The zero-order chi connectivity index (χ0) is 23.9. The topological polar surface area (TPSA) is 136 Å². The van der Waals surface area contributed by atoms with E-state index in [1.807, 2.05) is 0 Å². The smallest absolute Gasteiger partial charge is 0.240 e. The van der Waals surface area contributed by atoms with Gasteiger partial charge in [-0.1, -0.05) is 12.1 Å². The van der Waals surface area contributed by atoms with Crippen molar-refractivity contribution in [1.82, 2.24) is 9.44 Å². The van der Waals surface area contributed by atoms with E-state index in [0.29, 0.717) is 22.6 Å². The predicted octanol–water partition coefficient (Wildman–Crippen LogP) is 3.04. The third-order valence-corrected chi connectivity index (χ3v) is 8.21. The van der Waals surface area contributed by atoms with Gasteiger partial charge in [0, 0.05) is 11.1 Å². The third-order valence-electron chi connectivity index (χ3n) is 5.42. The molecule has 0 bridgehead atoms. The fraction of sp³-hybridized carbons (Fsp3) is 0.0870. The summed E-state index contributed by atoms with van der Waals surface area (Å²) in [5.74, 6) is 0.446. The second-order valence-electron chi connectivity index (χ2n) is 7.55. The highest BCUT2D eigenvalue weighted by Gasteiger charge is 2.30. The largest absolute Gasteiger partial charge is 0.468 e. The number of carbonyl (C=O) groups is 1. The molecule has 0 spiro atoms. The first-order chi connectivity index (χ1) is 16.2. The summed E-state index contributed by atoms with van der Waals surface area (Å²) in [7, 11) is -7.81. The summed E-state index contributed by atoms with van der Waals surface area (Å²) in [4.78, 5) is 12.9. The molecule has 2 aromatic heterocycles. The fourth-order valence-corrected chi connectivity index (χ4v) is 5.74. The number of rotatable bonds is 8. The maximum Gasteiger partial charge on any atom is 0.240 e. The molecule has 0 fully saturated rings. The van der Waals surface area contributed by atoms with Crippen LogP contribution in [0.5, 0.6) is 0 Å². The van der Waals surface area contributed by atoms with Crippen molar-refractivity contribution in [1.29, 1.82) is 0 Å². The average Bonchev–Trinajstić information content (AvgIpc) is 3.58. The highest BCUT2D eigenvalue weighted by molar-refractivity contribution is 7.89. The molecular formula is C23H18N2O7S2. The van der Waals surface area contributed by atoms with E-state index in [4.69, 9.17) is 8.83 Å². The van der Waals surface area contributed by atoms with Crippen molar-refractivity contribution in [2.75, 3.05) is 0 Å². The van der Waals surface area contributed by atoms with Gasteiger partial charge in [-0.3, -0.25) is 4.79 Å². The van der Waals surface area contributed by atoms with E-state index in [2.05, 4.69) is 9.44 Å². The number of hydrogen-bond acceptors (Lipinski definition) is 7. The molecule has 0 saturated carbocycles. The molecule has 0 aliphatic heterocycles. The van der Waals surface area contributed by atoms with Crippen molar-refractivity contribution >= 4 is 25.8 Å². The Balaban J connectivity index is 1.40. The van der Waals surface area contributed by atoms with Crippen LogP contribution in [0.25, 0.3) is 11.1 Å². The molecule has 2 N–H and O–H groups in total. The van der Waals surface area contributed by atoms with E-state index in [0.717, 1.165) is 0 Å². The first-order valence-electron chi connectivity index (χ1n) is 10.1. The molecule has 34 heavy (non-hydrogen) atoms. The van der Waals surface area contributed by atoms with Gasteiger partial charge < -0.3 is 8.83 Å². The molecule has 4 aromatic rings. The number of hydrogen-bond donors (Lipinski definition) is 2. The lowest BCUT2D eigenvalue weighted by Crippen LogP contribution is -2.23. The first-order valence-corrected chi connectivity index (χ1v) is 13.1.